The van der Waals surface area contributed by atoms with Crippen LogP contribution in [0.1, 0.15) is 28.3 Å². The largest absolute Gasteiger partial charge is 0.320 e. The SMILES string of the molecule is Cc1cc(Cl)c(C(N)c2ccc(Br)cc2Br)cc1C. The molecular formula is C15H14Br2ClN. The fourth-order valence-electron chi connectivity index (χ4n) is 1.96. The second kappa shape index (κ2) is 5.96. The third kappa shape index (κ3) is 3.22. The minimum absolute atomic E-state index is 0.241. The van der Waals surface area contributed by atoms with Gasteiger partial charge in [0.25, 0.3) is 0 Å². The van der Waals surface area contributed by atoms with Gasteiger partial charge in [0.2, 0.25) is 0 Å². The Balaban J connectivity index is 2.49. The summed E-state index contributed by atoms with van der Waals surface area (Å²) in [5, 5.41) is 0.713. The van der Waals surface area contributed by atoms with Gasteiger partial charge in [-0.05, 0) is 54.3 Å². The number of aryl methyl sites for hydroxylation is 2. The first-order valence-corrected chi connectivity index (χ1v) is 7.83. The van der Waals surface area contributed by atoms with Crippen LogP contribution in [0.25, 0.3) is 0 Å². The molecule has 0 aliphatic carbocycles. The summed E-state index contributed by atoms with van der Waals surface area (Å²) in [6.07, 6.45) is 0. The number of rotatable bonds is 2. The van der Waals surface area contributed by atoms with Gasteiger partial charge in [0.1, 0.15) is 0 Å². The van der Waals surface area contributed by atoms with Crippen LogP contribution >= 0.6 is 43.5 Å². The van der Waals surface area contributed by atoms with Gasteiger partial charge in [0, 0.05) is 14.0 Å². The topological polar surface area (TPSA) is 26.0 Å². The predicted molar refractivity (Wildman–Crippen MR) is 88.8 cm³/mol. The predicted octanol–water partition coefficient (Wildman–Crippen LogP) is 5.53. The van der Waals surface area contributed by atoms with Crippen LogP contribution in [0.5, 0.6) is 0 Å². The van der Waals surface area contributed by atoms with E-state index < -0.39 is 0 Å². The molecule has 0 aromatic heterocycles. The molecule has 19 heavy (non-hydrogen) atoms. The van der Waals surface area contributed by atoms with Gasteiger partial charge < -0.3 is 5.73 Å². The Bertz CT molecular complexity index is 626. The van der Waals surface area contributed by atoms with Crippen LogP contribution in [-0.4, -0.2) is 0 Å². The lowest BCUT2D eigenvalue weighted by molar-refractivity contribution is 0.863. The monoisotopic (exact) mass is 401 g/mol. The molecule has 0 bridgehead atoms. The van der Waals surface area contributed by atoms with Crippen molar-refractivity contribution >= 4 is 43.5 Å². The second-order valence-electron chi connectivity index (χ2n) is 4.60. The Morgan fingerprint density at radius 2 is 1.63 bits per heavy atom. The highest BCUT2D eigenvalue weighted by Crippen LogP contribution is 2.33. The first-order valence-electron chi connectivity index (χ1n) is 5.87. The Morgan fingerprint density at radius 3 is 2.26 bits per heavy atom. The minimum atomic E-state index is -0.241. The zero-order chi connectivity index (χ0) is 14.2. The highest BCUT2D eigenvalue weighted by Gasteiger charge is 2.16. The molecular weight excluding hydrogens is 389 g/mol. The molecule has 2 N–H and O–H groups in total. The molecule has 0 spiro atoms. The van der Waals surface area contributed by atoms with Gasteiger partial charge in [-0.2, -0.15) is 0 Å². The highest BCUT2D eigenvalue weighted by molar-refractivity contribution is 9.11. The Kier molecular flexibility index (Phi) is 4.72. The van der Waals surface area contributed by atoms with E-state index >= 15 is 0 Å². The third-order valence-corrected chi connectivity index (χ3v) is 4.75. The first-order chi connectivity index (χ1) is 8.90. The van der Waals surface area contributed by atoms with Crippen molar-refractivity contribution in [2.24, 2.45) is 5.73 Å². The highest BCUT2D eigenvalue weighted by atomic mass is 79.9. The maximum absolute atomic E-state index is 6.36. The summed E-state index contributed by atoms with van der Waals surface area (Å²) in [6, 6.07) is 9.77. The molecule has 4 heteroatoms. The fraction of sp³-hybridized carbons (Fsp3) is 0.200. The minimum Gasteiger partial charge on any atom is -0.320 e. The van der Waals surface area contributed by atoms with E-state index in [0.717, 1.165) is 20.1 Å². The van der Waals surface area contributed by atoms with Crippen LogP contribution < -0.4 is 5.73 Å². The van der Waals surface area contributed by atoms with E-state index in [9.17, 15) is 0 Å². The molecule has 2 aromatic rings. The summed E-state index contributed by atoms with van der Waals surface area (Å²) >= 11 is 13.3. The van der Waals surface area contributed by atoms with Crippen molar-refractivity contribution in [2.75, 3.05) is 0 Å². The third-order valence-electron chi connectivity index (χ3n) is 3.25. The number of hydrogen-bond donors (Lipinski definition) is 1. The lowest BCUT2D eigenvalue weighted by atomic mass is 9.96. The summed E-state index contributed by atoms with van der Waals surface area (Å²) in [5.41, 5.74) is 10.7. The van der Waals surface area contributed by atoms with E-state index in [1.807, 2.05) is 31.2 Å². The lowest BCUT2D eigenvalue weighted by Gasteiger charge is -2.17. The average Bonchev–Trinajstić information content (AvgIpc) is 2.33. The Morgan fingerprint density at radius 1 is 1.00 bits per heavy atom. The Hall–Kier alpha value is -0.350. The number of halogens is 3. The van der Waals surface area contributed by atoms with Crippen molar-refractivity contribution in [1.29, 1.82) is 0 Å². The van der Waals surface area contributed by atoms with E-state index in [1.54, 1.807) is 0 Å². The van der Waals surface area contributed by atoms with E-state index in [0.29, 0.717) is 5.02 Å². The van der Waals surface area contributed by atoms with Crippen LogP contribution in [0.15, 0.2) is 39.3 Å². The van der Waals surface area contributed by atoms with E-state index in [2.05, 4.69) is 44.8 Å². The van der Waals surface area contributed by atoms with Crippen LogP contribution in [0.4, 0.5) is 0 Å². The molecule has 2 rings (SSSR count). The van der Waals surface area contributed by atoms with E-state index in [4.69, 9.17) is 17.3 Å². The average molecular weight is 404 g/mol. The van der Waals surface area contributed by atoms with Crippen molar-refractivity contribution in [2.45, 2.75) is 19.9 Å². The van der Waals surface area contributed by atoms with Gasteiger partial charge in [-0.1, -0.05) is 55.6 Å². The van der Waals surface area contributed by atoms with Gasteiger partial charge >= 0.3 is 0 Å². The zero-order valence-electron chi connectivity index (χ0n) is 10.7. The summed E-state index contributed by atoms with van der Waals surface area (Å²) in [6.45, 7) is 4.12. The number of hydrogen-bond acceptors (Lipinski definition) is 1. The van der Waals surface area contributed by atoms with Crippen molar-refractivity contribution in [1.82, 2.24) is 0 Å². The molecule has 1 atom stereocenters. The maximum Gasteiger partial charge on any atom is 0.0577 e. The fourth-order valence-corrected chi connectivity index (χ4v) is 3.59. The molecule has 1 nitrogen and oxygen atoms in total. The summed E-state index contributed by atoms with van der Waals surface area (Å²) < 4.78 is 1.99. The smallest absolute Gasteiger partial charge is 0.0577 e. The molecule has 100 valence electrons. The van der Waals surface area contributed by atoms with Crippen LogP contribution in [0.2, 0.25) is 5.02 Å². The summed E-state index contributed by atoms with van der Waals surface area (Å²) in [5.74, 6) is 0. The normalized spacial score (nSPS) is 12.5. The van der Waals surface area contributed by atoms with Crippen molar-refractivity contribution < 1.29 is 0 Å². The molecule has 0 saturated carbocycles. The number of nitrogens with two attached hydrogens (primary N) is 1. The van der Waals surface area contributed by atoms with Crippen molar-refractivity contribution in [3.63, 3.8) is 0 Å². The first kappa shape index (κ1) is 15.0. The van der Waals surface area contributed by atoms with E-state index in [1.165, 1.54) is 11.1 Å². The van der Waals surface area contributed by atoms with Gasteiger partial charge in [0.05, 0.1) is 6.04 Å². The molecule has 0 aliphatic heterocycles. The molecule has 1 unspecified atom stereocenters. The maximum atomic E-state index is 6.36. The second-order valence-corrected chi connectivity index (χ2v) is 6.78. The van der Waals surface area contributed by atoms with Crippen molar-refractivity contribution in [3.05, 3.63) is 66.6 Å². The molecule has 0 fully saturated rings. The van der Waals surface area contributed by atoms with Gasteiger partial charge in [-0.3, -0.25) is 0 Å². The lowest BCUT2D eigenvalue weighted by Crippen LogP contribution is -2.13. The zero-order valence-corrected chi connectivity index (χ0v) is 14.6. The van der Waals surface area contributed by atoms with Crippen LogP contribution in [0.3, 0.4) is 0 Å². The summed E-state index contributed by atoms with van der Waals surface area (Å²) in [7, 11) is 0. The van der Waals surface area contributed by atoms with E-state index in [-0.39, 0.29) is 6.04 Å². The van der Waals surface area contributed by atoms with Gasteiger partial charge in [-0.25, -0.2) is 0 Å². The quantitative estimate of drug-likeness (QED) is 0.701. The molecule has 0 saturated heterocycles. The van der Waals surface area contributed by atoms with Gasteiger partial charge in [0.15, 0.2) is 0 Å². The molecule has 0 heterocycles. The van der Waals surface area contributed by atoms with Gasteiger partial charge in [-0.15, -0.1) is 0 Å². The number of benzene rings is 2. The van der Waals surface area contributed by atoms with Crippen molar-refractivity contribution in [3.8, 4) is 0 Å². The van der Waals surface area contributed by atoms with Crippen LogP contribution in [0, 0.1) is 13.8 Å². The standard InChI is InChI=1S/C15H14Br2ClN/c1-8-5-12(14(18)6-9(8)2)15(19)11-4-3-10(16)7-13(11)17/h3-7,15H,19H2,1-2H3. The molecule has 0 radical (unpaired) electrons. The molecule has 0 aliphatic rings. The molecule has 0 amide bonds. The van der Waals surface area contributed by atoms with Crippen LogP contribution in [-0.2, 0) is 0 Å². The summed E-state index contributed by atoms with van der Waals surface area (Å²) in [4.78, 5) is 0. The molecule has 2 aromatic carbocycles. The Labute approximate surface area is 135 Å².